The van der Waals surface area contributed by atoms with Gasteiger partial charge in [-0.05, 0) is 58.5 Å². The highest BCUT2D eigenvalue weighted by molar-refractivity contribution is 4.99. The number of nitrogens with zero attached hydrogens (tertiary/aromatic N) is 1. The third-order valence-corrected chi connectivity index (χ3v) is 4.47. The summed E-state index contributed by atoms with van der Waals surface area (Å²) in [7, 11) is 2.29. The van der Waals surface area contributed by atoms with Crippen molar-refractivity contribution >= 4 is 0 Å². The van der Waals surface area contributed by atoms with Gasteiger partial charge < -0.3 is 14.6 Å². The molecular formula is C17H30N2O. The molecule has 0 amide bonds. The van der Waals surface area contributed by atoms with Crippen molar-refractivity contribution in [3.63, 3.8) is 0 Å². The second-order valence-corrected chi connectivity index (χ2v) is 6.26. The van der Waals surface area contributed by atoms with Crippen LogP contribution in [0.15, 0.2) is 22.8 Å². The Labute approximate surface area is 123 Å². The minimum absolute atomic E-state index is 0.487. The standard InChI is InChI=1S/C17H30N2O/c1-15(14-17-10-6-13-20-17)18-11-7-12-19(2)16-8-4-3-5-9-16/h6,10,13,15-16,18H,3-5,7-9,11-12,14H2,1-2H3. The van der Waals surface area contributed by atoms with Gasteiger partial charge in [-0.25, -0.2) is 0 Å². The van der Waals surface area contributed by atoms with E-state index in [0.29, 0.717) is 6.04 Å². The summed E-state index contributed by atoms with van der Waals surface area (Å²) in [5, 5.41) is 3.59. The van der Waals surface area contributed by atoms with Crippen LogP contribution in [0.2, 0.25) is 0 Å². The Morgan fingerprint density at radius 3 is 2.85 bits per heavy atom. The number of hydrogen-bond donors (Lipinski definition) is 1. The lowest BCUT2D eigenvalue weighted by atomic mass is 9.94. The van der Waals surface area contributed by atoms with Crippen LogP contribution in [0.1, 0.15) is 51.2 Å². The molecule has 0 bridgehead atoms. The van der Waals surface area contributed by atoms with Crippen LogP contribution in [0, 0.1) is 0 Å². The molecule has 1 heterocycles. The highest BCUT2D eigenvalue weighted by Gasteiger charge is 2.17. The molecule has 0 spiro atoms. The first kappa shape index (κ1) is 15.6. The maximum absolute atomic E-state index is 5.38. The zero-order valence-electron chi connectivity index (χ0n) is 13.1. The van der Waals surface area contributed by atoms with Crippen molar-refractivity contribution in [3.05, 3.63) is 24.2 Å². The number of rotatable bonds is 8. The molecule has 1 saturated carbocycles. The molecule has 1 aromatic rings. The van der Waals surface area contributed by atoms with Crippen LogP contribution < -0.4 is 5.32 Å². The van der Waals surface area contributed by atoms with Crippen LogP contribution in [0.3, 0.4) is 0 Å². The lowest BCUT2D eigenvalue weighted by Gasteiger charge is -2.31. The molecule has 1 N–H and O–H groups in total. The minimum atomic E-state index is 0.487. The molecule has 1 aromatic heterocycles. The first-order valence-electron chi connectivity index (χ1n) is 8.21. The Hall–Kier alpha value is -0.800. The Bertz CT molecular complexity index is 344. The predicted octanol–water partition coefficient (Wildman–Crippen LogP) is 3.45. The van der Waals surface area contributed by atoms with Gasteiger partial charge in [0.2, 0.25) is 0 Å². The van der Waals surface area contributed by atoms with E-state index in [0.717, 1.165) is 24.8 Å². The lowest BCUT2D eigenvalue weighted by Crippen LogP contribution is -2.36. The molecule has 1 aliphatic rings. The second kappa shape index (κ2) is 8.48. The van der Waals surface area contributed by atoms with E-state index >= 15 is 0 Å². The topological polar surface area (TPSA) is 28.4 Å². The monoisotopic (exact) mass is 278 g/mol. The molecule has 3 nitrogen and oxygen atoms in total. The number of hydrogen-bond acceptors (Lipinski definition) is 3. The Kier molecular flexibility index (Phi) is 6.61. The van der Waals surface area contributed by atoms with Gasteiger partial charge in [0, 0.05) is 18.5 Å². The van der Waals surface area contributed by atoms with Gasteiger partial charge in [-0.15, -0.1) is 0 Å². The summed E-state index contributed by atoms with van der Waals surface area (Å²) >= 11 is 0. The van der Waals surface area contributed by atoms with E-state index in [1.54, 1.807) is 6.26 Å². The Balaban J connectivity index is 1.54. The number of furan rings is 1. The van der Waals surface area contributed by atoms with E-state index in [1.807, 2.05) is 6.07 Å². The van der Waals surface area contributed by atoms with Crippen LogP contribution in [-0.2, 0) is 6.42 Å². The highest BCUT2D eigenvalue weighted by atomic mass is 16.3. The smallest absolute Gasteiger partial charge is 0.105 e. The van der Waals surface area contributed by atoms with E-state index in [2.05, 4.69) is 30.3 Å². The van der Waals surface area contributed by atoms with E-state index in [9.17, 15) is 0 Å². The summed E-state index contributed by atoms with van der Waals surface area (Å²) < 4.78 is 5.38. The number of nitrogens with one attached hydrogen (secondary N) is 1. The maximum atomic E-state index is 5.38. The molecule has 0 radical (unpaired) electrons. The van der Waals surface area contributed by atoms with Crippen molar-refractivity contribution < 1.29 is 4.42 Å². The van der Waals surface area contributed by atoms with Gasteiger partial charge in [0.05, 0.1) is 6.26 Å². The summed E-state index contributed by atoms with van der Waals surface area (Å²) in [6.45, 7) is 4.54. The molecule has 1 aliphatic carbocycles. The fourth-order valence-corrected chi connectivity index (χ4v) is 3.18. The predicted molar refractivity (Wildman–Crippen MR) is 84.0 cm³/mol. The van der Waals surface area contributed by atoms with E-state index in [1.165, 1.54) is 45.1 Å². The average molecular weight is 278 g/mol. The van der Waals surface area contributed by atoms with Crippen molar-refractivity contribution in [2.24, 2.45) is 0 Å². The normalized spacial score (nSPS) is 18.6. The van der Waals surface area contributed by atoms with Crippen LogP contribution in [0.25, 0.3) is 0 Å². The molecule has 114 valence electrons. The van der Waals surface area contributed by atoms with E-state index < -0.39 is 0 Å². The van der Waals surface area contributed by atoms with Gasteiger partial charge in [-0.1, -0.05) is 19.3 Å². The summed E-state index contributed by atoms with van der Waals surface area (Å²) in [4.78, 5) is 2.57. The highest BCUT2D eigenvalue weighted by Crippen LogP contribution is 2.21. The molecule has 0 aromatic carbocycles. The zero-order valence-corrected chi connectivity index (χ0v) is 13.1. The van der Waals surface area contributed by atoms with Crippen molar-refractivity contribution in [1.82, 2.24) is 10.2 Å². The fourth-order valence-electron chi connectivity index (χ4n) is 3.18. The van der Waals surface area contributed by atoms with Crippen molar-refractivity contribution in [2.45, 2.75) is 64.0 Å². The van der Waals surface area contributed by atoms with Gasteiger partial charge in [0.1, 0.15) is 5.76 Å². The quantitative estimate of drug-likeness (QED) is 0.738. The third-order valence-electron chi connectivity index (χ3n) is 4.47. The van der Waals surface area contributed by atoms with E-state index in [-0.39, 0.29) is 0 Å². The van der Waals surface area contributed by atoms with Crippen LogP contribution in [0.5, 0.6) is 0 Å². The summed E-state index contributed by atoms with van der Waals surface area (Å²) in [6.07, 6.45) is 11.1. The van der Waals surface area contributed by atoms with Crippen molar-refractivity contribution in [2.75, 3.05) is 20.1 Å². The van der Waals surface area contributed by atoms with Gasteiger partial charge >= 0.3 is 0 Å². The zero-order chi connectivity index (χ0) is 14.2. The molecule has 1 fully saturated rings. The molecular weight excluding hydrogens is 248 g/mol. The molecule has 20 heavy (non-hydrogen) atoms. The Morgan fingerprint density at radius 1 is 1.35 bits per heavy atom. The second-order valence-electron chi connectivity index (χ2n) is 6.26. The lowest BCUT2D eigenvalue weighted by molar-refractivity contribution is 0.189. The molecule has 0 aliphatic heterocycles. The minimum Gasteiger partial charge on any atom is -0.469 e. The maximum Gasteiger partial charge on any atom is 0.105 e. The summed E-state index contributed by atoms with van der Waals surface area (Å²) in [6, 6.07) is 5.33. The fraction of sp³-hybridized carbons (Fsp3) is 0.765. The first-order chi connectivity index (χ1) is 9.75. The average Bonchev–Trinajstić information content (AvgIpc) is 2.97. The van der Waals surface area contributed by atoms with Gasteiger partial charge in [-0.3, -0.25) is 0 Å². The SMILES string of the molecule is CC(Cc1ccco1)NCCCN(C)C1CCCCC1. The molecule has 3 heteroatoms. The van der Waals surface area contributed by atoms with Gasteiger partial charge in [0.25, 0.3) is 0 Å². The van der Waals surface area contributed by atoms with Crippen molar-refractivity contribution in [1.29, 1.82) is 0 Å². The largest absolute Gasteiger partial charge is 0.469 e. The van der Waals surface area contributed by atoms with Gasteiger partial charge in [0.15, 0.2) is 0 Å². The van der Waals surface area contributed by atoms with Crippen LogP contribution >= 0.6 is 0 Å². The van der Waals surface area contributed by atoms with Crippen LogP contribution in [0.4, 0.5) is 0 Å². The Morgan fingerprint density at radius 2 is 2.15 bits per heavy atom. The summed E-state index contributed by atoms with van der Waals surface area (Å²) in [5.41, 5.74) is 0. The molecule has 1 atom stereocenters. The first-order valence-corrected chi connectivity index (χ1v) is 8.21. The molecule has 1 unspecified atom stereocenters. The molecule has 0 saturated heterocycles. The van der Waals surface area contributed by atoms with Crippen molar-refractivity contribution in [3.8, 4) is 0 Å². The third kappa shape index (κ3) is 5.29. The van der Waals surface area contributed by atoms with E-state index in [4.69, 9.17) is 4.42 Å². The molecule has 2 rings (SSSR count). The van der Waals surface area contributed by atoms with Crippen LogP contribution in [-0.4, -0.2) is 37.1 Å². The van der Waals surface area contributed by atoms with Gasteiger partial charge in [-0.2, -0.15) is 0 Å². The summed E-state index contributed by atoms with van der Waals surface area (Å²) in [5.74, 6) is 1.07.